The monoisotopic (exact) mass is 343 g/mol. The number of ketones is 1. The molecule has 0 heterocycles. The Morgan fingerprint density at radius 2 is 1.76 bits per heavy atom. The minimum atomic E-state index is -0.535. The highest BCUT2D eigenvalue weighted by Crippen LogP contribution is 2.29. The van der Waals surface area contributed by atoms with E-state index in [-0.39, 0.29) is 29.7 Å². The van der Waals surface area contributed by atoms with Gasteiger partial charge in [0.05, 0.1) is 18.1 Å². The molecule has 0 saturated heterocycles. The molecule has 132 valence electrons. The van der Waals surface area contributed by atoms with E-state index in [1.54, 1.807) is 19.9 Å². The summed E-state index contributed by atoms with van der Waals surface area (Å²) in [6.07, 6.45) is 0.582. The molecule has 0 aliphatic heterocycles. The fourth-order valence-electron chi connectivity index (χ4n) is 2.22. The summed E-state index contributed by atoms with van der Waals surface area (Å²) in [6, 6.07) is 13.7. The van der Waals surface area contributed by atoms with E-state index < -0.39 is 4.92 Å². The molecule has 0 atom stereocenters. The van der Waals surface area contributed by atoms with Crippen LogP contribution in [0.15, 0.2) is 48.5 Å². The maximum Gasteiger partial charge on any atom is 0.311 e. The molecule has 0 fully saturated rings. The van der Waals surface area contributed by atoms with E-state index in [0.717, 1.165) is 5.75 Å². The number of ether oxygens (including phenoxy) is 2. The predicted molar refractivity (Wildman–Crippen MR) is 94.3 cm³/mol. The van der Waals surface area contributed by atoms with Gasteiger partial charge in [-0.25, -0.2) is 0 Å². The van der Waals surface area contributed by atoms with Gasteiger partial charge in [-0.3, -0.25) is 14.9 Å². The Balaban J connectivity index is 1.92. The Morgan fingerprint density at radius 1 is 1.08 bits per heavy atom. The normalized spacial score (nSPS) is 10.5. The van der Waals surface area contributed by atoms with Crippen molar-refractivity contribution >= 4 is 11.5 Å². The average molecular weight is 343 g/mol. The zero-order valence-electron chi connectivity index (χ0n) is 14.3. The van der Waals surface area contributed by atoms with E-state index in [0.29, 0.717) is 18.6 Å². The van der Waals surface area contributed by atoms with Crippen molar-refractivity contribution in [1.82, 2.24) is 0 Å². The minimum Gasteiger partial charge on any atom is -0.493 e. The van der Waals surface area contributed by atoms with E-state index in [1.165, 1.54) is 12.1 Å². The molecule has 0 N–H and O–H groups in total. The fourth-order valence-corrected chi connectivity index (χ4v) is 2.22. The number of carbonyl (C=O) groups excluding carboxylic acids is 1. The molecule has 0 aliphatic carbocycles. The highest BCUT2D eigenvalue weighted by atomic mass is 16.6. The van der Waals surface area contributed by atoms with E-state index >= 15 is 0 Å². The van der Waals surface area contributed by atoms with Gasteiger partial charge in [0.2, 0.25) is 0 Å². The number of carbonyl (C=O) groups is 1. The first-order chi connectivity index (χ1) is 12.0. The second-order valence-corrected chi connectivity index (χ2v) is 5.82. The number of hydrogen-bond acceptors (Lipinski definition) is 5. The summed E-state index contributed by atoms with van der Waals surface area (Å²) < 4.78 is 11.0. The maximum absolute atomic E-state index is 12.0. The highest BCUT2D eigenvalue weighted by Gasteiger charge is 2.20. The molecule has 6 nitrogen and oxygen atoms in total. The third-order valence-corrected chi connectivity index (χ3v) is 3.52. The van der Waals surface area contributed by atoms with E-state index in [4.69, 9.17) is 9.47 Å². The van der Waals surface area contributed by atoms with Gasteiger partial charge in [-0.15, -0.1) is 0 Å². The van der Waals surface area contributed by atoms with Gasteiger partial charge < -0.3 is 9.47 Å². The molecule has 0 unspecified atom stereocenters. The zero-order chi connectivity index (χ0) is 18.2. The summed E-state index contributed by atoms with van der Waals surface area (Å²) in [7, 11) is 0. The molecular weight excluding hydrogens is 322 g/mol. The average Bonchev–Trinajstić information content (AvgIpc) is 2.61. The Bertz CT molecular complexity index is 728. The molecule has 0 saturated carbocycles. The minimum absolute atomic E-state index is 0.133. The number of para-hydroxylation sites is 1. The Kier molecular flexibility index (Phi) is 6.51. The number of Topliss-reactive ketones (excluding diaryl/α,β-unsaturated/α-hetero) is 1. The van der Waals surface area contributed by atoms with Crippen LogP contribution in [0.1, 0.15) is 30.6 Å². The Labute approximate surface area is 146 Å². The van der Waals surface area contributed by atoms with Gasteiger partial charge in [0.25, 0.3) is 0 Å². The number of nitro benzene ring substituents is 1. The molecule has 2 aromatic carbocycles. The molecule has 0 aromatic heterocycles. The maximum atomic E-state index is 12.0. The Morgan fingerprint density at radius 3 is 2.40 bits per heavy atom. The molecule has 25 heavy (non-hydrogen) atoms. The fraction of sp³-hybridized carbons (Fsp3) is 0.316. The van der Waals surface area contributed by atoms with Crippen LogP contribution in [0.2, 0.25) is 0 Å². The topological polar surface area (TPSA) is 78.7 Å². The van der Waals surface area contributed by atoms with Gasteiger partial charge in [-0.05, 0) is 24.3 Å². The quantitative estimate of drug-likeness (QED) is 0.294. The van der Waals surface area contributed by atoms with Crippen molar-refractivity contribution in [3.63, 3.8) is 0 Å². The van der Waals surface area contributed by atoms with Crippen LogP contribution in [-0.2, 0) is 0 Å². The second kappa shape index (κ2) is 8.82. The smallest absolute Gasteiger partial charge is 0.311 e. The second-order valence-electron chi connectivity index (χ2n) is 5.82. The summed E-state index contributed by atoms with van der Waals surface area (Å²) in [5.41, 5.74) is 0.122. The van der Waals surface area contributed by atoms with Crippen LogP contribution >= 0.6 is 0 Å². The standard InChI is InChI=1S/C19H21NO5/c1-14(2)19(21)15-9-10-18(17(13-15)20(22)23)25-12-6-11-24-16-7-4-3-5-8-16/h3-5,7-10,13-14H,6,11-12H2,1-2H3. The zero-order valence-corrected chi connectivity index (χ0v) is 14.3. The first kappa shape index (κ1) is 18.4. The van der Waals surface area contributed by atoms with Crippen molar-refractivity contribution in [2.45, 2.75) is 20.3 Å². The number of rotatable bonds is 9. The first-order valence-electron chi connectivity index (χ1n) is 8.12. The summed E-state index contributed by atoms with van der Waals surface area (Å²) >= 11 is 0. The Hall–Kier alpha value is -2.89. The molecule has 0 aliphatic rings. The van der Waals surface area contributed by atoms with Gasteiger partial charge >= 0.3 is 5.69 Å². The summed E-state index contributed by atoms with van der Waals surface area (Å²) in [6.45, 7) is 4.24. The number of hydrogen-bond donors (Lipinski definition) is 0. The molecule has 0 spiro atoms. The summed E-state index contributed by atoms with van der Waals surface area (Å²) in [5, 5.41) is 11.2. The third kappa shape index (κ3) is 5.31. The lowest BCUT2D eigenvalue weighted by Crippen LogP contribution is -2.09. The number of nitro groups is 1. The van der Waals surface area contributed by atoms with E-state index in [2.05, 4.69) is 0 Å². The highest BCUT2D eigenvalue weighted by molar-refractivity contribution is 5.98. The van der Waals surface area contributed by atoms with Crippen LogP contribution in [0.3, 0.4) is 0 Å². The van der Waals surface area contributed by atoms with Crippen LogP contribution in [0.5, 0.6) is 11.5 Å². The molecule has 2 aromatic rings. The lowest BCUT2D eigenvalue weighted by molar-refractivity contribution is -0.385. The van der Waals surface area contributed by atoms with Crippen LogP contribution in [-0.4, -0.2) is 23.9 Å². The molecule has 0 radical (unpaired) electrons. The predicted octanol–water partition coefficient (Wildman–Crippen LogP) is 4.28. The van der Waals surface area contributed by atoms with E-state index in [1.807, 2.05) is 30.3 Å². The lowest BCUT2D eigenvalue weighted by Gasteiger charge is -2.10. The number of benzene rings is 2. The lowest BCUT2D eigenvalue weighted by atomic mass is 10.0. The van der Waals surface area contributed by atoms with Crippen LogP contribution in [0.25, 0.3) is 0 Å². The van der Waals surface area contributed by atoms with Gasteiger partial charge in [0, 0.05) is 24.0 Å². The van der Waals surface area contributed by atoms with Crippen molar-refractivity contribution < 1.29 is 19.2 Å². The summed E-state index contributed by atoms with van der Waals surface area (Å²) in [4.78, 5) is 22.7. The molecule has 0 amide bonds. The number of nitrogens with zero attached hydrogens (tertiary/aromatic N) is 1. The van der Waals surface area contributed by atoms with Gasteiger partial charge in [0.1, 0.15) is 5.75 Å². The van der Waals surface area contributed by atoms with Crippen molar-refractivity contribution in [2.24, 2.45) is 5.92 Å². The van der Waals surface area contributed by atoms with Crippen molar-refractivity contribution in [3.05, 3.63) is 64.2 Å². The first-order valence-corrected chi connectivity index (χ1v) is 8.12. The molecule has 6 heteroatoms. The largest absolute Gasteiger partial charge is 0.493 e. The summed E-state index contributed by atoms with van der Waals surface area (Å²) in [5.74, 6) is 0.572. The third-order valence-electron chi connectivity index (χ3n) is 3.52. The van der Waals surface area contributed by atoms with Crippen LogP contribution < -0.4 is 9.47 Å². The van der Waals surface area contributed by atoms with Crippen molar-refractivity contribution in [2.75, 3.05) is 13.2 Å². The SMILES string of the molecule is CC(C)C(=O)c1ccc(OCCCOc2ccccc2)c([N+](=O)[O-])c1. The van der Waals surface area contributed by atoms with Gasteiger partial charge in [-0.1, -0.05) is 32.0 Å². The van der Waals surface area contributed by atoms with E-state index in [9.17, 15) is 14.9 Å². The van der Waals surface area contributed by atoms with Crippen molar-refractivity contribution in [1.29, 1.82) is 0 Å². The molecular formula is C19H21NO5. The van der Waals surface area contributed by atoms with Gasteiger partial charge in [0.15, 0.2) is 11.5 Å². The van der Waals surface area contributed by atoms with Crippen molar-refractivity contribution in [3.8, 4) is 11.5 Å². The molecule has 0 bridgehead atoms. The van der Waals surface area contributed by atoms with Crippen LogP contribution in [0.4, 0.5) is 5.69 Å². The molecule has 2 rings (SSSR count). The van der Waals surface area contributed by atoms with Crippen LogP contribution in [0, 0.1) is 16.0 Å². The van der Waals surface area contributed by atoms with Gasteiger partial charge in [-0.2, -0.15) is 0 Å².